The van der Waals surface area contributed by atoms with E-state index in [0.29, 0.717) is 16.7 Å². The molecule has 168 valence electrons. The second-order valence-corrected chi connectivity index (χ2v) is 7.56. The Morgan fingerprint density at radius 3 is 2.47 bits per heavy atom. The third-order valence-electron chi connectivity index (χ3n) is 4.66. The van der Waals surface area contributed by atoms with Gasteiger partial charge in [-0.25, -0.2) is 18.0 Å². The highest BCUT2D eigenvalue weighted by molar-refractivity contribution is 5.71. The first-order valence-electron chi connectivity index (χ1n) is 10.1. The van der Waals surface area contributed by atoms with E-state index in [1.165, 1.54) is 24.3 Å². The van der Waals surface area contributed by atoms with E-state index >= 15 is 0 Å². The van der Waals surface area contributed by atoms with Gasteiger partial charge in [-0.15, -0.1) is 0 Å². The van der Waals surface area contributed by atoms with Crippen molar-refractivity contribution < 1.29 is 32.5 Å². The molecule has 3 rings (SSSR count). The molecule has 0 saturated carbocycles. The summed E-state index contributed by atoms with van der Waals surface area (Å²) in [6, 6.07) is 12.8. The van der Waals surface area contributed by atoms with Crippen LogP contribution in [-0.4, -0.2) is 23.8 Å². The average molecular weight is 444 g/mol. The van der Waals surface area contributed by atoms with Crippen LogP contribution < -0.4 is 4.74 Å². The lowest BCUT2D eigenvalue weighted by Crippen LogP contribution is -2.19. The number of benzene rings is 3. The third-order valence-corrected chi connectivity index (χ3v) is 4.66. The minimum Gasteiger partial charge on any atom is -0.508 e. The molecule has 3 aromatic rings. The molecule has 0 aromatic heterocycles. The van der Waals surface area contributed by atoms with Crippen molar-refractivity contribution in [2.24, 2.45) is 0 Å². The highest BCUT2D eigenvalue weighted by Gasteiger charge is 2.17. The molecule has 0 heterocycles. The van der Waals surface area contributed by atoms with Crippen molar-refractivity contribution in [3.8, 4) is 22.6 Å². The molecular formula is C25H23F3O4. The number of carbonyl (C=O) groups excluding carboxylic acids is 1. The monoisotopic (exact) mass is 444 g/mol. The highest BCUT2D eigenvalue weighted by Crippen LogP contribution is 2.28. The zero-order valence-electron chi connectivity index (χ0n) is 17.7. The van der Waals surface area contributed by atoms with Crippen LogP contribution in [0.3, 0.4) is 0 Å². The summed E-state index contributed by atoms with van der Waals surface area (Å²) in [6.07, 6.45) is -0.139. The summed E-state index contributed by atoms with van der Waals surface area (Å²) in [5.41, 5.74) is 1.58. The van der Waals surface area contributed by atoms with E-state index in [9.17, 15) is 23.1 Å². The van der Waals surface area contributed by atoms with Gasteiger partial charge in [0.2, 0.25) is 0 Å². The van der Waals surface area contributed by atoms with E-state index in [2.05, 4.69) is 0 Å². The molecule has 0 spiro atoms. The molecule has 0 aliphatic carbocycles. The van der Waals surface area contributed by atoms with Crippen molar-refractivity contribution >= 4 is 5.97 Å². The second kappa shape index (κ2) is 10.2. The summed E-state index contributed by atoms with van der Waals surface area (Å²) in [4.78, 5) is 11.6. The van der Waals surface area contributed by atoms with Crippen LogP contribution >= 0.6 is 0 Å². The molecule has 0 fully saturated rings. The molecule has 1 N–H and O–H groups in total. The van der Waals surface area contributed by atoms with Gasteiger partial charge in [-0.05, 0) is 79.8 Å². The number of phenolic OH excluding ortho intramolecular Hbond substituents is 1. The van der Waals surface area contributed by atoms with Gasteiger partial charge in [0.15, 0.2) is 18.2 Å². The lowest BCUT2D eigenvalue weighted by Gasteiger charge is -2.13. The maximum Gasteiger partial charge on any atom is 0.344 e. The van der Waals surface area contributed by atoms with Crippen molar-refractivity contribution in [3.05, 3.63) is 83.2 Å². The molecule has 0 bridgehead atoms. The fraction of sp³-hybridized carbons (Fsp3) is 0.240. The Hall–Kier alpha value is -3.48. The number of phenols is 1. The topological polar surface area (TPSA) is 55.8 Å². The van der Waals surface area contributed by atoms with Gasteiger partial charge in [-0.1, -0.05) is 18.2 Å². The lowest BCUT2D eigenvalue weighted by molar-refractivity contribution is -0.149. The molecule has 0 aliphatic heterocycles. The fourth-order valence-corrected chi connectivity index (χ4v) is 3.27. The summed E-state index contributed by atoms with van der Waals surface area (Å²) >= 11 is 0. The fourth-order valence-electron chi connectivity index (χ4n) is 3.27. The minimum absolute atomic E-state index is 0.0165. The quantitative estimate of drug-likeness (QED) is 0.460. The van der Waals surface area contributed by atoms with Crippen molar-refractivity contribution in [2.75, 3.05) is 6.61 Å². The molecule has 0 unspecified atom stereocenters. The van der Waals surface area contributed by atoms with Gasteiger partial charge in [0, 0.05) is 5.56 Å². The highest BCUT2D eigenvalue weighted by atomic mass is 19.1. The summed E-state index contributed by atoms with van der Waals surface area (Å²) in [5, 5.41) is 10.1. The number of hydrogen-bond acceptors (Lipinski definition) is 4. The van der Waals surface area contributed by atoms with E-state index in [4.69, 9.17) is 9.47 Å². The first-order valence-corrected chi connectivity index (χ1v) is 10.1. The number of aryl methyl sites for hydroxylation is 1. The molecular weight excluding hydrogens is 421 g/mol. The second-order valence-electron chi connectivity index (χ2n) is 7.56. The molecule has 3 aromatic carbocycles. The number of rotatable bonds is 8. The summed E-state index contributed by atoms with van der Waals surface area (Å²) in [7, 11) is 0. The van der Waals surface area contributed by atoms with Gasteiger partial charge in [0.25, 0.3) is 0 Å². The maximum atomic E-state index is 14.8. The Bertz CT molecular complexity index is 1110. The minimum atomic E-state index is -0.896. The number of carbonyl (C=O) groups is 1. The van der Waals surface area contributed by atoms with E-state index < -0.39 is 30.0 Å². The van der Waals surface area contributed by atoms with Gasteiger partial charge in [0.05, 0.1) is 6.10 Å². The normalized spacial score (nSPS) is 10.9. The van der Waals surface area contributed by atoms with E-state index in [0.717, 1.165) is 12.1 Å². The standard InChI is InChI=1S/C25H23F3O4/c1-15(2)32-24(30)14-31-23-9-8-22(27)21(25(23)28)7-6-16-10-18(13-20(29)11-16)17-4-3-5-19(26)12-17/h3-5,8-13,15,29H,6-7,14H2,1-2H3. The van der Waals surface area contributed by atoms with Crippen LogP contribution in [0.4, 0.5) is 13.2 Å². The summed E-state index contributed by atoms with van der Waals surface area (Å²) < 4.78 is 52.7. The SMILES string of the molecule is CC(C)OC(=O)COc1ccc(F)c(CCc2cc(O)cc(-c3cccc(F)c3)c2)c1F. The zero-order chi connectivity index (χ0) is 23.3. The molecule has 7 heteroatoms. The van der Waals surface area contributed by atoms with Gasteiger partial charge in [0.1, 0.15) is 17.4 Å². The van der Waals surface area contributed by atoms with Gasteiger partial charge in [-0.2, -0.15) is 0 Å². The van der Waals surface area contributed by atoms with Crippen molar-refractivity contribution in [3.63, 3.8) is 0 Å². The Labute approximate surface area is 184 Å². The summed E-state index contributed by atoms with van der Waals surface area (Å²) in [5.74, 6) is -3.00. The number of hydrogen-bond donors (Lipinski definition) is 1. The Balaban J connectivity index is 1.76. The van der Waals surface area contributed by atoms with Crippen LogP contribution in [0.1, 0.15) is 25.0 Å². The molecule has 0 aliphatic rings. The van der Waals surface area contributed by atoms with Crippen LogP contribution in [0.25, 0.3) is 11.1 Å². The van der Waals surface area contributed by atoms with Gasteiger partial charge < -0.3 is 14.6 Å². The molecule has 0 saturated heterocycles. The van der Waals surface area contributed by atoms with E-state index in [1.807, 2.05) is 0 Å². The molecule has 4 nitrogen and oxygen atoms in total. The molecule has 0 amide bonds. The third kappa shape index (κ3) is 6.03. The number of ether oxygens (including phenoxy) is 2. The van der Waals surface area contributed by atoms with Crippen molar-refractivity contribution in [2.45, 2.75) is 32.8 Å². The van der Waals surface area contributed by atoms with Crippen LogP contribution in [-0.2, 0) is 22.4 Å². The Kier molecular flexibility index (Phi) is 7.41. The van der Waals surface area contributed by atoms with E-state index in [1.54, 1.807) is 32.0 Å². The van der Waals surface area contributed by atoms with Gasteiger partial charge in [-0.3, -0.25) is 0 Å². The van der Waals surface area contributed by atoms with Crippen LogP contribution in [0.2, 0.25) is 0 Å². The number of aromatic hydroxyl groups is 1. The first kappa shape index (κ1) is 23.2. The Morgan fingerprint density at radius 1 is 0.969 bits per heavy atom. The van der Waals surface area contributed by atoms with E-state index in [-0.39, 0.29) is 36.0 Å². The number of esters is 1. The van der Waals surface area contributed by atoms with Crippen molar-refractivity contribution in [1.82, 2.24) is 0 Å². The van der Waals surface area contributed by atoms with Crippen LogP contribution in [0.5, 0.6) is 11.5 Å². The lowest BCUT2D eigenvalue weighted by atomic mass is 9.98. The molecule has 32 heavy (non-hydrogen) atoms. The average Bonchev–Trinajstić information content (AvgIpc) is 2.72. The van der Waals surface area contributed by atoms with Gasteiger partial charge >= 0.3 is 5.97 Å². The predicted molar refractivity (Wildman–Crippen MR) is 114 cm³/mol. The van der Waals surface area contributed by atoms with Crippen molar-refractivity contribution in [1.29, 1.82) is 0 Å². The smallest absolute Gasteiger partial charge is 0.344 e. The molecule has 0 radical (unpaired) electrons. The first-order chi connectivity index (χ1) is 15.2. The molecule has 0 atom stereocenters. The largest absolute Gasteiger partial charge is 0.508 e. The maximum absolute atomic E-state index is 14.8. The van der Waals surface area contributed by atoms with Crippen LogP contribution in [0.15, 0.2) is 54.6 Å². The summed E-state index contributed by atoms with van der Waals surface area (Å²) in [6.45, 7) is 2.86. The predicted octanol–water partition coefficient (Wildman–Crippen LogP) is 5.59. The Morgan fingerprint density at radius 2 is 1.75 bits per heavy atom. The van der Waals surface area contributed by atoms with Crippen LogP contribution in [0, 0.1) is 17.5 Å². The zero-order valence-corrected chi connectivity index (χ0v) is 17.7. The number of halogens is 3.